The first-order valence-electron chi connectivity index (χ1n) is 6.17. The quantitative estimate of drug-likeness (QED) is 0.847. The lowest BCUT2D eigenvalue weighted by Gasteiger charge is -2.02. The van der Waals surface area contributed by atoms with Crippen LogP contribution in [0.5, 0.6) is 0 Å². The van der Waals surface area contributed by atoms with Crippen LogP contribution in [0.3, 0.4) is 0 Å². The Bertz CT molecular complexity index is 672. The van der Waals surface area contributed by atoms with Gasteiger partial charge in [0, 0.05) is 6.42 Å². The number of thiophene rings is 1. The molecular formula is C15H16N2O2S. The minimum Gasteiger partial charge on any atom is -0.390 e. The molecule has 4 nitrogen and oxygen atoms in total. The molecule has 2 rings (SSSR count). The first kappa shape index (κ1) is 14.3. The van der Waals surface area contributed by atoms with E-state index >= 15 is 0 Å². The van der Waals surface area contributed by atoms with Gasteiger partial charge in [0.05, 0.1) is 15.4 Å². The van der Waals surface area contributed by atoms with Crippen LogP contribution in [0.15, 0.2) is 24.3 Å². The van der Waals surface area contributed by atoms with E-state index in [1.165, 1.54) is 0 Å². The van der Waals surface area contributed by atoms with Gasteiger partial charge in [-0.3, -0.25) is 9.59 Å². The number of carbonyl (C=O) groups is 2. The van der Waals surface area contributed by atoms with Crippen LogP contribution >= 0.6 is 11.3 Å². The first-order valence-corrected chi connectivity index (χ1v) is 6.99. The van der Waals surface area contributed by atoms with Gasteiger partial charge in [0.15, 0.2) is 5.78 Å². The Hall–Kier alpha value is -2.14. The summed E-state index contributed by atoms with van der Waals surface area (Å²) in [6.07, 6.45) is 0.291. The number of Topliss-reactive ketones (excluding diaryl/α,β-unsaturated/α-hetero) is 1. The largest absolute Gasteiger partial charge is 0.390 e. The Morgan fingerprint density at radius 1 is 1.15 bits per heavy atom. The summed E-state index contributed by atoms with van der Waals surface area (Å²) in [7, 11) is 0. The van der Waals surface area contributed by atoms with Crippen molar-refractivity contribution in [3.05, 3.63) is 51.4 Å². The number of primary amides is 1. The van der Waals surface area contributed by atoms with Crippen molar-refractivity contribution in [1.29, 1.82) is 0 Å². The molecule has 0 aliphatic carbocycles. The van der Waals surface area contributed by atoms with E-state index < -0.39 is 5.91 Å². The molecule has 0 spiro atoms. The molecule has 104 valence electrons. The fraction of sp³-hybridized carbons (Fsp3) is 0.200. The third kappa shape index (κ3) is 2.72. The monoisotopic (exact) mass is 288 g/mol. The molecule has 1 amide bonds. The summed E-state index contributed by atoms with van der Waals surface area (Å²) in [5.41, 5.74) is 14.0. The summed E-state index contributed by atoms with van der Waals surface area (Å²) in [4.78, 5) is 24.1. The molecule has 0 aliphatic rings. The summed E-state index contributed by atoms with van der Waals surface area (Å²) in [6, 6.07) is 7.78. The van der Waals surface area contributed by atoms with Crippen LogP contribution in [0.2, 0.25) is 0 Å². The van der Waals surface area contributed by atoms with E-state index in [2.05, 4.69) is 0 Å². The number of rotatable bonds is 4. The number of carbonyl (C=O) groups excluding carboxylic acids is 2. The molecule has 0 atom stereocenters. The molecule has 5 heteroatoms. The third-order valence-corrected chi connectivity index (χ3v) is 4.32. The van der Waals surface area contributed by atoms with E-state index in [0.717, 1.165) is 22.5 Å². The second kappa shape index (κ2) is 5.46. The minimum atomic E-state index is -0.592. The van der Waals surface area contributed by atoms with Crippen molar-refractivity contribution in [2.75, 3.05) is 5.73 Å². The summed E-state index contributed by atoms with van der Waals surface area (Å²) >= 11 is 1.13. The van der Waals surface area contributed by atoms with Gasteiger partial charge in [-0.25, -0.2) is 0 Å². The van der Waals surface area contributed by atoms with Gasteiger partial charge in [-0.15, -0.1) is 11.3 Å². The van der Waals surface area contributed by atoms with Crippen LogP contribution in [-0.4, -0.2) is 11.7 Å². The minimum absolute atomic E-state index is 0.0458. The number of nitrogens with two attached hydrogens (primary N) is 2. The predicted molar refractivity (Wildman–Crippen MR) is 81.2 cm³/mol. The maximum Gasteiger partial charge on any atom is 0.251 e. The van der Waals surface area contributed by atoms with Gasteiger partial charge in [0.1, 0.15) is 0 Å². The fourth-order valence-corrected chi connectivity index (χ4v) is 3.10. The molecule has 1 aromatic heterocycles. The third-order valence-electron chi connectivity index (χ3n) is 3.16. The van der Waals surface area contributed by atoms with Crippen LogP contribution in [0.4, 0.5) is 5.00 Å². The molecule has 0 unspecified atom stereocenters. The highest BCUT2D eigenvalue weighted by molar-refractivity contribution is 7.18. The second-order valence-electron chi connectivity index (χ2n) is 4.75. The maximum absolute atomic E-state index is 12.3. The van der Waals surface area contributed by atoms with E-state index in [1.54, 1.807) is 6.92 Å². The number of aryl methyl sites for hydroxylation is 1. The topological polar surface area (TPSA) is 86.2 Å². The summed E-state index contributed by atoms with van der Waals surface area (Å²) in [6.45, 7) is 3.70. The number of nitrogen functional groups attached to an aromatic ring is 1. The molecule has 1 aromatic carbocycles. The van der Waals surface area contributed by atoms with Crippen molar-refractivity contribution in [3.8, 4) is 0 Å². The lowest BCUT2D eigenvalue weighted by atomic mass is 10.0. The van der Waals surface area contributed by atoms with Gasteiger partial charge in [-0.05, 0) is 25.0 Å². The molecule has 20 heavy (non-hydrogen) atoms. The maximum atomic E-state index is 12.3. The number of benzene rings is 1. The molecule has 0 bridgehead atoms. The summed E-state index contributed by atoms with van der Waals surface area (Å²) in [5, 5.41) is 0.308. The Balaban J connectivity index is 2.28. The van der Waals surface area contributed by atoms with E-state index in [-0.39, 0.29) is 11.3 Å². The van der Waals surface area contributed by atoms with E-state index in [1.807, 2.05) is 31.2 Å². The number of anilines is 1. The zero-order valence-electron chi connectivity index (χ0n) is 11.4. The average molecular weight is 288 g/mol. The Labute approximate surface area is 121 Å². The summed E-state index contributed by atoms with van der Waals surface area (Å²) in [5.74, 6) is -0.638. The molecule has 0 saturated carbocycles. The molecule has 0 fully saturated rings. The molecule has 2 aromatic rings. The van der Waals surface area contributed by atoms with Crippen molar-refractivity contribution in [2.24, 2.45) is 5.73 Å². The number of hydrogen-bond acceptors (Lipinski definition) is 4. The van der Waals surface area contributed by atoms with Crippen molar-refractivity contribution in [1.82, 2.24) is 0 Å². The zero-order valence-corrected chi connectivity index (χ0v) is 12.2. The van der Waals surface area contributed by atoms with Crippen molar-refractivity contribution >= 4 is 28.0 Å². The molecule has 0 radical (unpaired) electrons. The lowest BCUT2D eigenvalue weighted by molar-refractivity contribution is 0.0995. The highest BCUT2D eigenvalue weighted by Crippen LogP contribution is 2.31. The van der Waals surface area contributed by atoms with Gasteiger partial charge in [-0.2, -0.15) is 0 Å². The smallest absolute Gasteiger partial charge is 0.251 e. The highest BCUT2D eigenvalue weighted by atomic mass is 32.1. The van der Waals surface area contributed by atoms with Gasteiger partial charge in [0.2, 0.25) is 0 Å². The van der Waals surface area contributed by atoms with Crippen LogP contribution in [0.25, 0.3) is 0 Å². The van der Waals surface area contributed by atoms with Gasteiger partial charge in [-0.1, -0.05) is 29.8 Å². The lowest BCUT2D eigenvalue weighted by Crippen LogP contribution is -2.13. The molecule has 1 heterocycles. The van der Waals surface area contributed by atoms with Crippen LogP contribution in [0.1, 0.15) is 36.7 Å². The SMILES string of the molecule is Cc1ccc(CC(=O)c2sc(N)c(C(N)=O)c2C)cc1. The van der Waals surface area contributed by atoms with Gasteiger partial charge < -0.3 is 11.5 Å². The standard InChI is InChI=1S/C15H16N2O2S/c1-8-3-5-10(6-4-8)7-11(18)13-9(2)12(14(16)19)15(17)20-13/h3-6H,7,17H2,1-2H3,(H2,16,19). The molecular weight excluding hydrogens is 272 g/mol. The van der Waals surface area contributed by atoms with Crippen LogP contribution in [-0.2, 0) is 6.42 Å². The van der Waals surface area contributed by atoms with Crippen molar-refractivity contribution < 1.29 is 9.59 Å². The molecule has 0 aliphatic heterocycles. The number of amides is 1. The molecule has 4 N–H and O–H groups in total. The molecule has 0 saturated heterocycles. The van der Waals surface area contributed by atoms with Crippen molar-refractivity contribution in [3.63, 3.8) is 0 Å². The zero-order chi connectivity index (χ0) is 14.9. The number of hydrogen-bond donors (Lipinski definition) is 2. The fourth-order valence-electron chi connectivity index (χ4n) is 2.08. The van der Waals surface area contributed by atoms with Gasteiger partial charge in [0.25, 0.3) is 5.91 Å². The van der Waals surface area contributed by atoms with E-state index in [9.17, 15) is 9.59 Å². The Kier molecular flexibility index (Phi) is 3.90. The normalized spacial score (nSPS) is 10.5. The Morgan fingerprint density at radius 3 is 2.25 bits per heavy atom. The predicted octanol–water partition coefficient (Wildman–Crippen LogP) is 2.47. The highest BCUT2D eigenvalue weighted by Gasteiger charge is 2.21. The second-order valence-corrected chi connectivity index (χ2v) is 5.80. The van der Waals surface area contributed by atoms with E-state index in [0.29, 0.717) is 21.9 Å². The van der Waals surface area contributed by atoms with E-state index in [4.69, 9.17) is 11.5 Å². The number of ketones is 1. The average Bonchev–Trinajstić information content (AvgIpc) is 2.67. The van der Waals surface area contributed by atoms with Crippen molar-refractivity contribution in [2.45, 2.75) is 20.3 Å². The van der Waals surface area contributed by atoms with Crippen LogP contribution in [0, 0.1) is 13.8 Å². The van der Waals surface area contributed by atoms with Crippen LogP contribution < -0.4 is 11.5 Å². The Morgan fingerprint density at radius 2 is 1.75 bits per heavy atom. The summed E-state index contributed by atoms with van der Waals surface area (Å²) < 4.78 is 0. The van der Waals surface area contributed by atoms with Gasteiger partial charge >= 0.3 is 0 Å². The first-order chi connectivity index (χ1) is 9.40.